The molecule has 0 aromatic carbocycles. The number of pyridine rings is 1. The van der Waals surface area contributed by atoms with Crippen molar-refractivity contribution in [3.63, 3.8) is 0 Å². The Hall–Kier alpha value is -2.15. The summed E-state index contributed by atoms with van der Waals surface area (Å²) >= 11 is 6.05. The molecular formula is C14H16ClN5O2. The van der Waals surface area contributed by atoms with E-state index in [0.717, 1.165) is 12.8 Å². The van der Waals surface area contributed by atoms with E-state index in [1.54, 1.807) is 36.6 Å². The van der Waals surface area contributed by atoms with Crippen LogP contribution in [0.25, 0.3) is 0 Å². The lowest BCUT2D eigenvalue weighted by Crippen LogP contribution is -2.44. The second-order valence-electron chi connectivity index (χ2n) is 5.22. The summed E-state index contributed by atoms with van der Waals surface area (Å²) < 4.78 is 7.42. The predicted molar refractivity (Wildman–Crippen MR) is 79.8 cm³/mol. The highest BCUT2D eigenvalue weighted by molar-refractivity contribution is 6.31. The van der Waals surface area contributed by atoms with E-state index in [2.05, 4.69) is 15.3 Å². The minimum absolute atomic E-state index is 0.0886. The van der Waals surface area contributed by atoms with Crippen LogP contribution in [-0.2, 0) is 7.05 Å². The van der Waals surface area contributed by atoms with E-state index in [1.165, 1.54) is 4.68 Å². The number of ether oxygens (including phenoxy) is 1. The van der Waals surface area contributed by atoms with E-state index in [-0.39, 0.29) is 12.0 Å². The summed E-state index contributed by atoms with van der Waals surface area (Å²) in [6.45, 7) is 1.20. The first-order valence-corrected chi connectivity index (χ1v) is 7.43. The maximum absolute atomic E-state index is 12.4. The minimum atomic E-state index is -0.123. The van der Waals surface area contributed by atoms with Crippen LogP contribution in [0.1, 0.15) is 23.3 Å². The van der Waals surface area contributed by atoms with Crippen LogP contribution >= 0.6 is 11.6 Å². The molecule has 1 fully saturated rings. The fraction of sp³-hybridized carbons (Fsp3) is 0.429. The molecule has 8 heteroatoms. The summed E-state index contributed by atoms with van der Waals surface area (Å²) in [6, 6.07) is 1.73. The van der Waals surface area contributed by atoms with E-state index >= 15 is 0 Å². The van der Waals surface area contributed by atoms with Crippen molar-refractivity contribution in [2.24, 2.45) is 7.05 Å². The van der Waals surface area contributed by atoms with Crippen LogP contribution in [0.3, 0.4) is 0 Å². The van der Waals surface area contributed by atoms with Crippen LogP contribution in [-0.4, -0.2) is 50.0 Å². The lowest BCUT2D eigenvalue weighted by atomic mass is 10.1. The van der Waals surface area contributed by atoms with Crippen molar-refractivity contribution < 1.29 is 9.53 Å². The van der Waals surface area contributed by atoms with Crippen molar-refractivity contribution in [1.29, 1.82) is 0 Å². The number of hydrogen-bond acceptors (Lipinski definition) is 5. The maximum Gasteiger partial charge on any atom is 0.276 e. The zero-order valence-electron chi connectivity index (χ0n) is 12.1. The molecule has 22 heavy (non-hydrogen) atoms. The molecule has 0 bridgehead atoms. The Balaban J connectivity index is 1.67. The lowest BCUT2D eigenvalue weighted by molar-refractivity contribution is 0.0532. The Kier molecular flexibility index (Phi) is 4.24. The third-order valence-corrected chi connectivity index (χ3v) is 3.80. The number of likely N-dealkylation sites (tertiary alicyclic amines) is 1. The van der Waals surface area contributed by atoms with Crippen LogP contribution in [0, 0.1) is 0 Å². The van der Waals surface area contributed by atoms with Gasteiger partial charge in [0, 0.05) is 32.1 Å². The molecule has 3 heterocycles. The topological polar surface area (TPSA) is 73.1 Å². The van der Waals surface area contributed by atoms with E-state index < -0.39 is 0 Å². The molecule has 2 aromatic heterocycles. The first kappa shape index (κ1) is 14.8. The molecule has 1 amide bonds. The van der Waals surface area contributed by atoms with Gasteiger partial charge in [-0.2, -0.15) is 0 Å². The zero-order chi connectivity index (χ0) is 15.5. The highest BCUT2D eigenvalue weighted by Crippen LogP contribution is 2.25. The normalized spacial score (nSPS) is 18.3. The molecule has 2 aromatic rings. The summed E-state index contributed by atoms with van der Waals surface area (Å²) in [7, 11) is 1.73. The van der Waals surface area contributed by atoms with Gasteiger partial charge in [0.15, 0.2) is 5.69 Å². The number of hydrogen-bond donors (Lipinski definition) is 0. The van der Waals surface area contributed by atoms with Gasteiger partial charge in [0.25, 0.3) is 5.91 Å². The second kappa shape index (κ2) is 6.31. The van der Waals surface area contributed by atoms with Gasteiger partial charge >= 0.3 is 0 Å². The Morgan fingerprint density at radius 3 is 3.09 bits per heavy atom. The van der Waals surface area contributed by atoms with Crippen molar-refractivity contribution in [1.82, 2.24) is 24.9 Å². The summed E-state index contributed by atoms with van der Waals surface area (Å²) in [6.07, 6.45) is 6.46. The van der Waals surface area contributed by atoms with Gasteiger partial charge in [-0.3, -0.25) is 14.5 Å². The lowest BCUT2D eigenvalue weighted by Gasteiger charge is -2.32. The largest absolute Gasteiger partial charge is 0.487 e. The molecule has 0 aliphatic carbocycles. The highest BCUT2D eigenvalue weighted by Gasteiger charge is 2.27. The van der Waals surface area contributed by atoms with Crippen molar-refractivity contribution >= 4 is 17.5 Å². The molecule has 1 unspecified atom stereocenters. The molecule has 1 aliphatic heterocycles. The monoisotopic (exact) mass is 321 g/mol. The number of rotatable bonds is 3. The van der Waals surface area contributed by atoms with Gasteiger partial charge < -0.3 is 9.64 Å². The Bertz CT molecular complexity index is 675. The fourth-order valence-electron chi connectivity index (χ4n) is 2.46. The number of amides is 1. The summed E-state index contributed by atoms with van der Waals surface area (Å²) in [4.78, 5) is 18.1. The highest BCUT2D eigenvalue weighted by atomic mass is 35.5. The van der Waals surface area contributed by atoms with Gasteiger partial charge in [0.1, 0.15) is 16.9 Å². The molecule has 1 saturated heterocycles. The maximum atomic E-state index is 12.4. The molecule has 0 saturated carbocycles. The molecule has 0 spiro atoms. The number of piperidine rings is 1. The number of halogens is 1. The van der Waals surface area contributed by atoms with Gasteiger partial charge in [-0.1, -0.05) is 16.8 Å². The average molecular weight is 322 g/mol. The SMILES string of the molecule is Cn1cc(C(=O)N2CCCC(Oc3ccncc3Cl)C2)nn1. The first-order chi connectivity index (χ1) is 10.6. The molecule has 1 atom stereocenters. The summed E-state index contributed by atoms with van der Waals surface area (Å²) in [5.41, 5.74) is 0.352. The molecule has 7 nitrogen and oxygen atoms in total. The number of aromatic nitrogens is 4. The van der Waals surface area contributed by atoms with Crippen LogP contribution in [0.15, 0.2) is 24.7 Å². The number of aryl methyl sites for hydroxylation is 1. The van der Waals surface area contributed by atoms with Crippen molar-refractivity contribution in [2.75, 3.05) is 13.1 Å². The van der Waals surface area contributed by atoms with E-state index in [1.807, 2.05) is 0 Å². The quantitative estimate of drug-likeness (QED) is 0.857. The molecule has 3 rings (SSSR count). The minimum Gasteiger partial charge on any atom is -0.487 e. The number of nitrogens with zero attached hydrogens (tertiary/aromatic N) is 5. The van der Waals surface area contributed by atoms with Crippen molar-refractivity contribution in [3.05, 3.63) is 35.4 Å². The van der Waals surface area contributed by atoms with Gasteiger partial charge in [-0.05, 0) is 12.8 Å². The second-order valence-corrected chi connectivity index (χ2v) is 5.62. The number of carbonyl (C=O) groups excluding carboxylic acids is 1. The molecule has 0 N–H and O–H groups in total. The Morgan fingerprint density at radius 2 is 2.36 bits per heavy atom. The summed E-state index contributed by atoms with van der Waals surface area (Å²) in [5, 5.41) is 8.13. The molecule has 116 valence electrons. The van der Waals surface area contributed by atoms with Crippen LogP contribution in [0.4, 0.5) is 0 Å². The smallest absolute Gasteiger partial charge is 0.276 e. The third-order valence-electron chi connectivity index (χ3n) is 3.52. The van der Waals surface area contributed by atoms with Crippen LogP contribution in [0.2, 0.25) is 5.02 Å². The first-order valence-electron chi connectivity index (χ1n) is 7.05. The van der Waals surface area contributed by atoms with Gasteiger partial charge in [-0.25, -0.2) is 0 Å². The predicted octanol–water partition coefficient (Wildman–Crippen LogP) is 1.55. The Labute approximate surface area is 132 Å². The van der Waals surface area contributed by atoms with Crippen LogP contribution in [0.5, 0.6) is 5.75 Å². The van der Waals surface area contributed by atoms with Gasteiger partial charge in [0.05, 0.1) is 12.7 Å². The van der Waals surface area contributed by atoms with Crippen LogP contribution < -0.4 is 4.74 Å². The van der Waals surface area contributed by atoms with E-state index in [4.69, 9.17) is 16.3 Å². The van der Waals surface area contributed by atoms with Crippen molar-refractivity contribution in [3.8, 4) is 5.75 Å². The molecule has 0 radical (unpaired) electrons. The average Bonchev–Trinajstić information content (AvgIpc) is 2.96. The Morgan fingerprint density at radius 1 is 1.50 bits per heavy atom. The van der Waals surface area contributed by atoms with Crippen molar-refractivity contribution in [2.45, 2.75) is 18.9 Å². The van der Waals surface area contributed by atoms with E-state index in [9.17, 15) is 4.79 Å². The fourth-order valence-corrected chi connectivity index (χ4v) is 2.63. The third kappa shape index (κ3) is 3.19. The van der Waals surface area contributed by atoms with Gasteiger partial charge in [-0.15, -0.1) is 5.10 Å². The molecular weight excluding hydrogens is 306 g/mol. The number of carbonyl (C=O) groups is 1. The molecule has 1 aliphatic rings. The standard InChI is InChI=1S/C14H16ClN5O2/c1-19-9-12(17-18-19)14(21)20-6-2-3-10(8-20)22-13-4-5-16-7-11(13)15/h4-5,7,9-10H,2-3,6,8H2,1H3. The summed E-state index contributed by atoms with van der Waals surface area (Å²) in [5.74, 6) is 0.470. The van der Waals surface area contributed by atoms with E-state index in [0.29, 0.717) is 29.6 Å². The zero-order valence-corrected chi connectivity index (χ0v) is 12.9. The van der Waals surface area contributed by atoms with Gasteiger partial charge in [0.2, 0.25) is 0 Å².